The first-order valence-corrected chi connectivity index (χ1v) is 8.85. The molecule has 0 unspecified atom stereocenters. The smallest absolute Gasteiger partial charge is 0.135 e. The number of aryl methyl sites for hydroxylation is 1. The molecule has 0 spiro atoms. The zero-order valence-electron chi connectivity index (χ0n) is 14.6. The first kappa shape index (κ1) is 17.2. The molecule has 25 heavy (non-hydrogen) atoms. The second kappa shape index (κ2) is 8.50. The van der Waals surface area contributed by atoms with Gasteiger partial charge in [0.15, 0.2) is 0 Å². The molecule has 2 nitrogen and oxygen atoms in total. The number of hydrogen-bond donors (Lipinski definition) is 1. The van der Waals surface area contributed by atoms with Crippen molar-refractivity contribution in [2.75, 3.05) is 13.2 Å². The number of benzene rings is 3. The third kappa shape index (κ3) is 4.09. The molecule has 0 heterocycles. The normalized spacial score (nSPS) is 10.6. The van der Waals surface area contributed by atoms with Gasteiger partial charge in [-0.1, -0.05) is 74.0 Å². The quantitative estimate of drug-likeness (QED) is 0.632. The van der Waals surface area contributed by atoms with Crippen LogP contribution in [0, 0.1) is 0 Å². The van der Waals surface area contributed by atoms with Gasteiger partial charge in [-0.25, -0.2) is 0 Å². The maximum Gasteiger partial charge on any atom is 0.135 e. The van der Waals surface area contributed by atoms with Crippen LogP contribution in [-0.4, -0.2) is 18.3 Å². The van der Waals surface area contributed by atoms with Gasteiger partial charge in [-0.3, -0.25) is 0 Å². The van der Waals surface area contributed by atoms with E-state index in [-0.39, 0.29) is 13.2 Å². The molecular formula is C23H24O2. The van der Waals surface area contributed by atoms with Crippen LogP contribution in [0.25, 0.3) is 22.3 Å². The predicted octanol–water partition coefficient (Wildman–Crippen LogP) is 5.34. The lowest BCUT2D eigenvalue weighted by atomic mass is 9.93. The number of aliphatic hydroxyl groups excluding tert-OH is 1. The van der Waals surface area contributed by atoms with Crippen molar-refractivity contribution in [2.24, 2.45) is 0 Å². The van der Waals surface area contributed by atoms with Crippen molar-refractivity contribution >= 4 is 0 Å². The Balaban J connectivity index is 2.22. The number of ether oxygens (including phenoxy) is 1. The molecule has 0 aliphatic rings. The molecule has 0 amide bonds. The van der Waals surface area contributed by atoms with E-state index in [1.165, 1.54) is 5.56 Å². The largest absolute Gasteiger partial charge is 0.490 e. The van der Waals surface area contributed by atoms with Crippen LogP contribution >= 0.6 is 0 Å². The van der Waals surface area contributed by atoms with E-state index in [0.717, 1.165) is 40.8 Å². The van der Waals surface area contributed by atoms with Gasteiger partial charge in [0.2, 0.25) is 0 Å². The van der Waals surface area contributed by atoms with Crippen molar-refractivity contribution in [1.82, 2.24) is 0 Å². The summed E-state index contributed by atoms with van der Waals surface area (Å²) in [6.07, 6.45) is 2.12. The van der Waals surface area contributed by atoms with Crippen LogP contribution in [0.3, 0.4) is 0 Å². The van der Waals surface area contributed by atoms with Crippen LogP contribution in [0.15, 0.2) is 72.8 Å². The highest BCUT2D eigenvalue weighted by molar-refractivity contribution is 5.83. The molecule has 0 fully saturated rings. The SMILES string of the molecule is CCCc1cc(-c2ccccc2)c(OCCO)c(-c2ccccc2)c1. The number of hydrogen-bond acceptors (Lipinski definition) is 2. The van der Waals surface area contributed by atoms with Gasteiger partial charge in [-0.05, 0) is 35.2 Å². The minimum atomic E-state index is -0.000823. The molecule has 0 atom stereocenters. The fourth-order valence-corrected chi connectivity index (χ4v) is 3.09. The molecule has 128 valence electrons. The van der Waals surface area contributed by atoms with E-state index in [4.69, 9.17) is 4.74 Å². The molecule has 3 aromatic carbocycles. The second-order valence-corrected chi connectivity index (χ2v) is 6.07. The molecule has 0 saturated carbocycles. The summed E-state index contributed by atoms with van der Waals surface area (Å²) in [5, 5.41) is 9.26. The molecule has 0 aliphatic carbocycles. The Bertz CT molecular complexity index is 734. The molecular weight excluding hydrogens is 308 g/mol. The van der Waals surface area contributed by atoms with E-state index < -0.39 is 0 Å². The third-order valence-corrected chi connectivity index (χ3v) is 4.19. The van der Waals surface area contributed by atoms with Crippen LogP contribution in [0.5, 0.6) is 5.75 Å². The monoisotopic (exact) mass is 332 g/mol. The van der Waals surface area contributed by atoms with E-state index in [0.29, 0.717) is 0 Å². The Morgan fingerprint density at radius 2 is 1.32 bits per heavy atom. The van der Waals surface area contributed by atoms with Crippen LogP contribution in [0.2, 0.25) is 0 Å². The summed E-state index contributed by atoms with van der Waals surface area (Å²) in [5.41, 5.74) is 5.73. The average Bonchev–Trinajstić information content (AvgIpc) is 2.68. The van der Waals surface area contributed by atoms with Crippen molar-refractivity contribution in [3.05, 3.63) is 78.4 Å². The van der Waals surface area contributed by atoms with E-state index in [1.54, 1.807) is 0 Å². The molecule has 0 radical (unpaired) electrons. The summed E-state index contributed by atoms with van der Waals surface area (Å²) in [6.45, 7) is 2.48. The zero-order chi connectivity index (χ0) is 17.5. The van der Waals surface area contributed by atoms with E-state index in [9.17, 15) is 5.11 Å². The second-order valence-electron chi connectivity index (χ2n) is 6.07. The van der Waals surface area contributed by atoms with Crippen molar-refractivity contribution in [3.8, 4) is 28.0 Å². The van der Waals surface area contributed by atoms with Crippen molar-refractivity contribution < 1.29 is 9.84 Å². The predicted molar refractivity (Wildman–Crippen MR) is 104 cm³/mol. The highest BCUT2D eigenvalue weighted by Gasteiger charge is 2.15. The van der Waals surface area contributed by atoms with E-state index in [1.807, 2.05) is 36.4 Å². The van der Waals surface area contributed by atoms with Gasteiger partial charge in [0.1, 0.15) is 12.4 Å². The van der Waals surface area contributed by atoms with Crippen LogP contribution in [0.1, 0.15) is 18.9 Å². The van der Waals surface area contributed by atoms with Crippen LogP contribution in [-0.2, 0) is 6.42 Å². The van der Waals surface area contributed by atoms with Crippen molar-refractivity contribution in [1.29, 1.82) is 0 Å². The highest BCUT2D eigenvalue weighted by atomic mass is 16.5. The minimum absolute atomic E-state index is 0.000823. The number of aliphatic hydroxyl groups is 1. The Kier molecular flexibility index (Phi) is 5.86. The van der Waals surface area contributed by atoms with Gasteiger partial charge in [-0.2, -0.15) is 0 Å². The van der Waals surface area contributed by atoms with E-state index in [2.05, 4.69) is 43.3 Å². The zero-order valence-corrected chi connectivity index (χ0v) is 14.6. The Morgan fingerprint density at radius 3 is 1.76 bits per heavy atom. The standard InChI is InChI=1S/C23H24O2/c1-2-9-18-16-21(19-10-5-3-6-11-19)23(25-15-14-24)22(17-18)20-12-7-4-8-13-20/h3-8,10-13,16-17,24H,2,9,14-15H2,1H3. The Hall–Kier alpha value is -2.58. The Morgan fingerprint density at radius 1 is 0.800 bits per heavy atom. The van der Waals surface area contributed by atoms with Gasteiger partial charge in [0, 0.05) is 11.1 Å². The summed E-state index contributed by atoms with van der Waals surface area (Å²) in [4.78, 5) is 0. The van der Waals surface area contributed by atoms with Crippen LogP contribution in [0.4, 0.5) is 0 Å². The molecule has 3 rings (SSSR count). The topological polar surface area (TPSA) is 29.5 Å². The molecule has 3 aromatic rings. The third-order valence-electron chi connectivity index (χ3n) is 4.19. The summed E-state index contributed by atoms with van der Waals surface area (Å²) in [7, 11) is 0. The van der Waals surface area contributed by atoms with Gasteiger partial charge in [-0.15, -0.1) is 0 Å². The maximum atomic E-state index is 9.26. The molecule has 1 N–H and O–H groups in total. The maximum absolute atomic E-state index is 9.26. The van der Waals surface area contributed by atoms with Crippen molar-refractivity contribution in [2.45, 2.75) is 19.8 Å². The molecule has 0 aliphatic heterocycles. The molecule has 0 bridgehead atoms. The summed E-state index contributed by atoms with van der Waals surface area (Å²) < 4.78 is 6.01. The lowest BCUT2D eigenvalue weighted by Gasteiger charge is -2.18. The van der Waals surface area contributed by atoms with Gasteiger partial charge < -0.3 is 9.84 Å². The molecule has 0 saturated heterocycles. The molecule has 0 aromatic heterocycles. The summed E-state index contributed by atoms with van der Waals surface area (Å²) in [6, 6.07) is 25.1. The van der Waals surface area contributed by atoms with Crippen molar-refractivity contribution in [3.63, 3.8) is 0 Å². The summed E-state index contributed by atoms with van der Waals surface area (Å²) >= 11 is 0. The number of rotatable bonds is 7. The highest BCUT2D eigenvalue weighted by Crippen LogP contribution is 2.40. The van der Waals surface area contributed by atoms with Crippen LogP contribution < -0.4 is 4.74 Å². The van der Waals surface area contributed by atoms with Gasteiger partial charge >= 0.3 is 0 Å². The average molecular weight is 332 g/mol. The minimum Gasteiger partial charge on any atom is -0.490 e. The molecule has 2 heteroatoms. The van der Waals surface area contributed by atoms with E-state index >= 15 is 0 Å². The Labute approximate surface area is 149 Å². The van der Waals surface area contributed by atoms with Gasteiger partial charge in [0.25, 0.3) is 0 Å². The fraction of sp³-hybridized carbons (Fsp3) is 0.217. The lowest BCUT2D eigenvalue weighted by Crippen LogP contribution is -2.05. The van der Waals surface area contributed by atoms with Gasteiger partial charge in [0.05, 0.1) is 6.61 Å². The first-order valence-electron chi connectivity index (χ1n) is 8.85. The lowest BCUT2D eigenvalue weighted by molar-refractivity contribution is 0.202. The first-order chi connectivity index (χ1) is 12.3. The summed E-state index contributed by atoms with van der Waals surface area (Å²) in [5.74, 6) is 0.839. The fourth-order valence-electron chi connectivity index (χ4n) is 3.09.